The Morgan fingerprint density at radius 3 is 2.52 bits per heavy atom. The maximum absolute atomic E-state index is 12.4. The molecule has 0 unspecified atom stereocenters. The van der Waals surface area contributed by atoms with Gasteiger partial charge in [-0.25, -0.2) is 4.79 Å². The molecule has 1 aromatic heterocycles. The van der Waals surface area contributed by atoms with Crippen LogP contribution in [0, 0.1) is 0 Å². The van der Waals surface area contributed by atoms with Crippen molar-refractivity contribution in [2.45, 2.75) is 64.7 Å². The van der Waals surface area contributed by atoms with Gasteiger partial charge in [0.1, 0.15) is 5.00 Å². The summed E-state index contributed by atoms with van der Waals surface area (Å²) in [6.07, 6.45) is 6.29. The smallest absolute Gasteiger partial charge is 0.341 e. The Morgan fingerprint density at radius 1 is 1.12 bits per heavy atom. The van der Waals surface area contributed by atoms with Gasteiger partial charge in [-0.15, -0.1) is 11.3 Å². The van der Waals surface area contributed by atoms with Crippen molar-refractivity contribution in [3.05, 3.63) is 16.0 Å². The predicted molar refractivity (Wildman–Crippen MR) is 93.6 cm³/mol. The number of thiophene rings is 1. The average molecular weight is 366 g/mol. The minimum atomic E-state index is -1.17. The molecule has 0 saturated heterocycles. The Morgan fingerprint density at radius 2 is 1.84 bits per heavy atom. The minimum Gasteiger partial charge on any atom is -0.550 e. The lowest BCUT2D eigenvalue weighted by molar-refractivity contribution is -0.305. The van der Waals surface area contributed by atoms with Crippen LogP contribution in [0.25, 0.3) is 0 Å². The van der Waals surface area contributed by atoms with Crippen LogP contribution in [0.5, 0.6) is 0 Å². The van der Waals surface area contributed by atoms with Crippen LogP contribution in [-0.2, 0) is 27.2 Å². The fourth-order valence-electron chi connectivity index (χ4n) is 3.01. The number of rotatable bonds is 7. The molecule has 0 saturated carbocycles. The molecule has 2 rings (SSSR count). The Kier molecular flexibility index (Phi) is 7.43. The number of ether oxygens (including phenoxy) is 1. The predicted octanol–water partition coefficient (Wildman–Crippen LogP) is 2.44. The molecule has 1 amide bonds. The zero-order chi connectivity index (χ0) is 18.2. The maximum atomic E-state index is 12.4. The molecule has 0 aromatic carbocycles. The molecule has 0 bridgehead atoms. The number of hydrogen-bond acceptors (Lipinski definition) is 6. The zero-order valence-electron chi connectivity index (χ0n) is 14.5. The third kappa shape index (κ3) is 5.56. The van der Waals surface area contributed by atoms with Gasteiger partial charge in [0, 0.05) is 17.3 Å². The first-order valence-corrected chi connectivity index (χ1v) is 9.66. The third-order valence-electron chi connectivity index (χ3n) is 4.19. The standard InChI is InChI=1S/C18H25NO5S/c1-2-24-18(23)16-12-8-5-3-4-6-9-13(12)25-17(16)19-14(20)10-7-11-15(21)22/h2-11H2,1H3,(H,19,20)(H,21,22)/p-1. The number of amides is 1. The lowest BCUT2D eigenvalue weighted by Crippen LogP contribution is -2.22. The van der Waals surface area contributed by atoms with E-state index in [1.807, 2.05) is 0 Å². The highest BCUT2D eigenvalue weighted by Gasteiger charge is 2.26. The third-order valence-corrected chi connectivity index (χ3v) is 5.40. The van der Waals surface area contributed by atoms with Crippen molar-refractivity contribution >= 4 is 34.2 Å². The SMILES string of the molecule is CCOC(=O)c1c(NC(=O)CCCC(=O)[O-])sc2c1CCCCCC2. The normalized spacial score (nSPS) is 14.1. The summed E-state index contributed by atoms with van der Waals surface area (Å²) < 4.78 is 5.19. The molecule has 0 radical (unpaired) electrons. The van der Waals surface area contributed by atoms with E-state index in [4.69, 9.17) is 4.74 Å². The second-order valence-corrected chi connectivity index (χ2v) is 7.22. The van der Waals surface area contributed by atoms with Crippen molar-refractivity contribution < 1.29 is 24.2 Å². The molecule has 1 aliphatic carbocycles. The van der Waals surface area contributed by atoms with Crippen molar-refractivity contribution in [2.75, 3.05) is 11.9 Å². The van der Waals surface area contributed by atoms with E-state index < -0.39 is 11.9 Å². The summed E-state index contributed by atoms with van der Waals surface area (Å²) in [4.78, 5) is 36.1. The Hall–Kier alpha value is -1.89. The maximum Gasteiger partial charge on any atom is 0.341 e. The van der Waals surface area contributed by atoms with Gasteiger partial charge < -0.3 is 20.0 Å². The van der Waals surface area contributed by atoms with Gasteiger partial charge >= 0.3 is 5.97 Å². The summed E-state index contributed by atoms with van der Waals surface area (Å²) >= 11 is 1.45. The molecule has 0 fully saturated rings. The molecular formula is C18H24NO5S-. The summed E-state index contributed by atoms with van der Waals surface area (Å²) in [5.41, 5.74) is 1.49. The lowest BCUT2D eigenvalue weighted by Gasteiger charge is -2.11. The van der Waals surface area contributed by atoms with Crippen molar-refractivity contribution in [1.82, 2.24) is 0 Å². The van der Waals surface area contributed by atoms with Gasteiger partial charge in [-0.2, -0.15) is 0 Å². The van der Waals surface area contributed by atoms with Crippen LogP contribution in [0.15, 0.2) is 0 Å². The molecular weight excluding hydrogens is 342 g/mol. The number of carbonyl (C=O) groups excluding carboxylic acids is 3. The summed E-state index contributed by atoms with van der Waals surface area (Å²) in [5.74, 6) is -1.86. The average Bonchev–Trinajstić information content (AvgIpc) is 2.83. The van der Waals surface area contributed by atoms with Gasteiger partial charge in [0.05, 0.1) is 12.2 Å². The minimum absolute atomic E-state index is 0.0822. The molecule has 1 heterocycles. The number of aryl methyl sites for hydroxylation is 1. The summed E-state index contributed by atoms with van der Waals surface area (Å²) in [6.45, 7) is 2.04. The van der Waals surface area contributed by atoms with Crippen molar-refractivity contribution in [1.29, 1.82) is 0 Å². The highest BCUT2D eigenvalue weighted by molar-refractivity contribution is 7.17. The molecule has 1 aromatic rings. The first-order valence-electron chi connectivity index (χ1n) is 8.84. The zero-order valence-corrected chi connectivity index (χ0v) is 15.3. The molecule has 1 aliphatic rings. The van der Waals surface area contributed by atoms with Crippen LogP contribution in [0.3, 0.4) is 0 Å². The molecule has 138 valence electrons. The number of nitrogens with one attached hydrogen (secondary N) is 1. The molecule has 7 heteroatoms. The van der Waals surface area contributed by atoms with Gasteiger partial charge in [0.25, 0.3) is 0 Å². The number of esters is 1. The Balaban J connectivity index is 2.20. The number of carboxylic acids is 1. The number of carboxylic acid groups (broad SMARTS) is 1. The molecule has 0 aliphatic heterocycles. The highest BCUT2D eigenvalue weighted by atomic mass is 32.1. The molecule has 25 heavy (non-hydrogen) atoms. The van der Waals surface area contributed by atoms with Gasteiger partial charge in [-0.05, 0) is 51.0 Å². The van der Waals surface area contributed by atoms with Gasteiger partial charge in [0.15, 0.2) is 0 Å². The van der Waals surface area contributed by atoms with E-state index in [9.17, 15) is 19.5 Å². The Bertz CT molecular complexity index is 638. The van der Waals surface area contributed by atoms with Crippen LogP contribution in [-0.4, -0.2) is 24.5 Å². The molecule has 0 atom stereocenters. The largest absolute Gasteiger partial charge is 0.550 e. The first-order chi connectivity index (χ1) is 12.0. The van der Waals surface area contributed by atoms with E-state index in [-0.39, 0.29) is 31.8 Å². The van der Waals surface area contributed by atoms with E-state index in [0.717, 1.165) is 42.5 Å². The quantitative estimate of drug-likeness (QED) is 0.748. The summed E-state index contributed by atoms with van der Waals surface area (Å²) in [6, 6.07) is 0. The topological polar surface area (TPSA) is 95.5 Å². The van der Waals surface area contributed by atoms with Crippen molar-refractivity contribution in [3.8, 4) is 0 Å². The van der Waals surface area contributed by atoms with E-state index in [0.29, 0.717) is 10.6 Å². The molecule has 6 nitrogen and oxygen atoms in total. The monoisotopic (exact) mass is 366 g/mol. The lowest BCUT2D eigenvalue weighted by atomic mass is 9.96. The van der Waals surface area contributed by atoms with E-state index >= 15 is 0 Å². The van der Waals surface area contributed by atoms with Crippen LogP contribution in [0.1, 0.15) is 72.7 Å². The second kappa shape index (κ2) is 9.56. The fraction of sp³-hybridized carbons (Fsp3) is 0.611. The van der Waals surface area contributed by atoms with E-state index in [2.05, 4.69) is 5.32 Å². The van der Waals surface area contributed by atoms with Crippen molar-refractivity contribution in [3.63, 3.8) is 0 Å². The summed E-state index contributed by atoms with van der Waals surface area (Å²) in [5, 5.41) is 13.8. The molecule has 1 N–H and O–H groups in total. The van der Waals surface area contributed by atoms with Crippen LogP contribution >= 0.6 is 11.3 Å². The van der Waals surface area contributed by atoms with Crippen molar-refractivity contribution in [2.24, 2.45) is 0 Å². The van der Waals surface area contributed by atoms with Crippen LogP contribution in [0.2, 0.25) is 0 Å². The number of carbonyl (C=O) groups is 3. The van der Waals surface area contributed by atoms with Gasteiger partial charge in [-0.3, -0.25) is 4.79 Å². The Labute approximate surface area is 151 Å². The van der Waals surface area contributed by atoms with Crippen LogP contribution < -0.4 is 10.4 Å². The summed E-state index contributed by atoms with van der Waals surface area (Å²) in [7, 11) is 0. The number of hydrogen-bond donors (Lipinski definition) is 1. The number of aliphatic carboxylic acids is 1. The highest BCUT2D eigenvalue weighted by Crippen LogP contribution is 2.37. The first kappa shape index (κ1) is 19.4. The number of anilines is 1. The number of fused-ring (bicyclic) bond motifs is 1. The fourth-order valence-corrected chi connectivity index (χ4v) is 4.30. The van der Waals surface area contributed by atoms with Gasteiger partial charge in [-0.1, -0.05) is 12.8 Å². The molecule has 0 spiro atoms. The van der Waals surface area contributed by atoms with Crippen LogP contribution in [0.4, 0.5) is 5.00 Å². The van der Waals surface area contributed by atoms with Gasteiger partial charge in [0.2, 0.25) is 5.91 Å². The second-order valence-electron chi connectivity index (χ2n) is 6.12. The van der Waals surface area contributed by atoms with E-state index in [1.54, 1.807) is 6.92 Å². The van der Waals surface area contributed by atoms with E-state index in [1.165, 1.54) is 17.8 Å².